The Labute approximate surface area is 447 Å². The maximum Gasteiger partial charge on any atom is 0.316 e. The van der Waals surface area contributed by atoms with Crippen molar-refractivity contribution in [3.8, 4) is 11.5 Å². The number of hydrogen-bond acceptors (Lipinski definition) is 11. The quantitative estimate of drug-likeness (QED) is 0.0164. The topological polar surface area (TPSA) is 208 Å². The highest BCUT2D eigenvalue weighted by atomic mass is 16.6. The zero-order chi connectivity index (χ0) is 55.0. The molecule has 2 saturated heterocycles. The maximum absolute atomic E-state index is 14.7. The van der Waals surface area contributed by atoms with Gasteiger partial charge in [-0.2, -0.15) is 0 Å². The second-order valence-corrected chi connectivity index (χ2v) is 22.4. The zero-order valence-corrected chi connectivity index (χ0v) is 45.5. The summed E-state index contributed by atoms with van der Waals surface area (Å²) in [5.41, 5.74) is 2.12. The van der Waals surface area contributed by atoms with Gasteiger partial charge in [-0.1, -0.05) is 113 Å². The monoisotopic (exact) mass is 1040 g/mol. The Kier molecular flexibility index (Phi) is 20.7. The largest absolute Gasteiger partial charge is 0.485 e. The van der Waals surface area contributed by atoms with Crippen LogP contribution >= 0.6 is 0 Å². The second-order valence-electron chi connectivity index (χ2n) is 22.4. The van der Waals surface area contributed by atoms with Crippen LogP contribution in [0.2, 0.25) is 0 Å². The van der Waals surface area contributed by atoms with Gasteiger partial charge in [-0.3, -0.25) is 33.6 Å². The number of rotatable bonds is 27. The Balaban J connectivity index is 1.22. The van der Waals surface area contributed by atoms with Gasteiger partial charge in [-0.25, -0.2) is 0 Å². The number of morpholine rings is 1. The summed E-state index contributed by atoms with van der Waals surface area (Å²) in [7, 11) is 0. The van der Waals surface area contributed by atoms with E-state index in [1.165, 1.54) is 0 Å². The van der Waals surface area contributed by atoms with E-state index in [0.29, 0.717) is 57.0 Å². The van der Waals surface area contributed by atoms with E-state index >= 15 is 0 Å². The molecule has 5 atom stereocenters. The summed E-state index contributed by atoms with van der Waals surface area (Å²) in [6.07, 6.45) is 2.17. The number of carbonyl (C=O) groups excluding carboxylic acids is 7. The minimum Gasteiger partial charge on any atom is -0.485 e. The number of hydrogen-bond donors (Lipinski definition) is 4. The predicted octanol–water partition coefficient (Wildman–Crippen LogP) is 6.64. The lowest BCUT2D eigenvalue weighted by Gasteiger charge is -2.41. The highest BCUT2D eigenvalue weighted by Crippen LogP contribution is 2.33. The Hall–Kier alpha value is -6.75. The van der Waals surface area contributed by atoms with Crippen molar-refractivity contribution in [1.82, 2.24) is 21.3 Å². The first-order chi connectivity index (χ1) is 36.1. The van der Waals surface area contributed by atoms with Crippen molar-refractivity contribution in [2.45, 2.75) is 130 Å². The Bertz CT molecular complexity index is 2610. The minimum atomic E-state index is -1.10. The van der Waals surface area contributed by atoms with Gasteiger partial charge in [-0.15, -0.1) is 0 Å². The van der Waals surface area contributed by atoms with E-state index in [1.807, 2.05) is 100 Å². The van der Waals surface area contributed by atoms with Gasteiger partial charge in [-0.05, 0) is 100 Å². The van der Waals surface area contributed by atoms with E-state index in [-0.39, 0.29) is 72.8 Å². The molecule has 4 aromatic carbocycles. The molecule has 16 heteroatoms. The molecule has 2 heterocycles. The number of Topliss-reactive ketones (excluding diaryl/α,β-unsaturated/α-hetero) is 1. The first-order valence-corrected chi connectivity index (χ1v) is 26.6. The summed E-state index contributed by atoms with van der Waals surface area (Å²) in [6.45, 7) is 17.3. The van der Waals surface area contributed by atoms with Crippen LogP contribution in [0.5, 0.6) is 11.5 Å². The molecule has 16 nitrogen and oxygen atoms in total. The molecular formula is C60H78N5O11+. The number of esters is 1. The van der Waals surface area contributed by atoms with Crippen LogP contribution < -0.4 is 30.7 Å². The third-order valence-electron chi connectivity index (χ3n) is 13.7. The molecule has 76 heavy (non-hydrogen) atoms. The van der Waals surface area contributed by atoms with Crippen molar-refractivity contribution in [2.24, 2.45) is 17.3 Å². The van der Waals surface area contributed by atoms with E-state index < -0.39 is 58.9 Å². The lowest BCUT2D eigenvalue weighted by molar-refractivity contribution is -0.940. The number of nitrogens with zero attached hydrogens (tertiary/aromatic N) is 1. The Morgan fingerprint density at radius 1 is 0.671 bits per heavy atom. The summed E-state index contributed by atoms with van der Waals surface area (Å²) >= 11 is 0. The summed E-state index contributed by atoms with van der Waals surface area (Å²) in [6, 6.07) is 27.1. The van der Waals surface area contributed by atoms with Crippen LogP contribution in [0.25, 0.3) is 0 Å². The van der Waals surface area contributed by atoms with Crippen molar-refractivity contribution < 1.29 is 57.0 Å². The fourth-order valence-corrected chi connectivity index (χ4v) is 9.11. The number of aryl methyl sites for hydroxylation is 1. The molecule has 0 aliphatic carbocycles. The fourth-order valence-electron chi connectivity index (χ4n) is 9.11. The molecule has 4 amide bonds. The van der Waals surface area contributed by atoms with Crippen LogP contribution in [-0.4, -0.2) is 115 Å². The van der Waals surface area contributed by atoms with Gasteiger partial charge >= 0.3 is 5.97 Å². The van der Waals surface area contributed by atoms with Crippen LogP contribution in [-0.2, 0) is 64.2 Å². The second kappa shape index (κ2) is 26.8. The molecule has 0 unspecified atom stereocenters. The molecule has 2 aliphatic rings. The summed E-state index contributed by atoms with van der Waals surface area (Å²) in [4.78, 5) is 95.9. The van der Waals surface area contributed by atoms with Crippen molar-refractivity contribution in [2.75, 3.05) is 39.5 Å². The number of amides is 4. The number of ether oxygens (including phenoxy) is 4. The molecule has 0 bridgehead atoms. The molecular weight excluding hydrogens is 967 g/mol. The third-order valence-corrected chi connectivity index (χ3v) is 13.7. The lowest BCUT2D eigenvalue weighted by Crippen LogP contribution is -2.61. The number of benzene rings is 4. The van der Waals surface area contributed by atoms with Gasteiger partial charge in [0, 0.05) is 17.5 Å². The molecule has 2 aliphatic heterocycles. The van der Waals surface area contributed by atoms with E-state index in [9.17, 15) is 33.6 Å². The van der Waals surface area contributed by atoms with E-state index in [1.54, 1.807) is 58.0 Å². The zero-order valence-electron chi connectivity index (χ0n) is 45.5. The number of ketones is 1. The molecule has 4 N–H and O–H groups in total. The molecule has 0 aromatic heterocycles. The number of carbonyl (C=O) groups is 7. The van der Waals surface area contributed by atoms with Crippen LogP contribution in [0.15, 0.2) is 103 Å². The van der Waals surface area contributed by atoms with Crippen molar-refractivity contribution >= 4 is 41.7 Å². The number of nitrogens with one attached hydrogen (secondary N) is 4. The average Bonchev–Trinajstić information content (AvgIpc) is 4.15. The van der Waals surface area contributed by atoms with Gasteiger partial charge in [0.05, 0.1) is 31.3 Å². The predicted molar refractivity (Wildman–Crippen MR) is 288 cm³/mol. The van der Waals surface area contributed by atoms with E-state index in [0.717, 1.165) is 28.5 Å². The molecule has 0 spiro atoms. The molecule has 0 saturated carbocycles. The average molecular weight is 1050 g/mol. The molecule has 0 radical (unpaired) electrons. The fraction of sp³-hybridized carbons (Fsp3) is 0.483. The maximum atomic E-state index is 14.7. The van der Waals surface area contributed by atoms with E-state index in [2.05, 4.69) is 21.3 Å². The standard InChI is InChI=1S/C60H77N5O11/c1-40(2)31-48(54(68)60(8)39-75-60)62-57(71)50(33-43-17-13-10-14-18-43)64-56(70)49(32-41(3)4)63-55(69)47(25-23-42-15-11-9-12-16-42)61-53(67)36-65(27-29-73-30-28-65)35-46-24-26-51(76-58(72)59(5,6)7)52(34-46)74-38-45-21-19-44(37-66)20-22-45/h9-22,24,26,34,37,40-41,47-50H,23,25,27-33,35-36,38-39H2,1-8H3,(H3-,61,62,63,64,67,69,70,71)/p+1/t47-,48-,49-,50-,60+/m0/s1. The third kappa shape index (κ3) is 17.7. The van der Waals surface area contributed by atoms with Gasteiger partial charge in [0.15, 0.2) is 23.8 Å². The van der Waals surface area contributed by atoms with Crippen molar-refractivity contribution in [3.63, 3.8) is 0 Å². The molecule has 6 rings (SSSR count). The first-order valence-electron chi connectivity index (χ1n) is 26.6. The number of aldehydes is 1. The highest BCUT2D eigenvalue weighted by molar-refractivity contribution is 5.99. The van der Waals surface area contributed by atoms with Crippen molar-refractivity contribution in [3.05, 3.63) is 131 Å². The van der Waals surface area contributed by atoms with Crippen LogP contribution in [0, 0.1) is 17.3 Å². The Morgan fingerprint density at radius 2 is 1.22 bits per heavy atom. The van der Waals surface area contributed by atoms with Crippen molar-refractivity contribution in [1.29, 1.82) is 0 Å². The van der Waals surface area contributed by atoms with Gasteiger partial charge in [0.25, 0.3) is 5.91 Å². The van der Waals surface area contributed by atoms with Gasteiger partial charge in [0.1, 0.15) is 56.3 Å². The lowest BCUT2D eigenvalue weighted by atomic mass is 9.93. The van der Waals surface area contributed by atoms with Crippen LogP contribution in [0.1, 0.15) is 107 Å². The minimum absolute atomic E-state index is 0.00369. The molecule has 4 aromatic rings. The summed E-state index contributed by atoms with van der Waals surface area (Å²) < 4.78 is 23.7. The summed E-state index contributed by atoms with van der Waals surface area (Å²) in [5.74, 6) is -2.11. The highest BCUT2D eigenvalue weighted by Gasteiger charge is 2.50. The van der Waals surface area contributed by atoms with Crippen LogP contribution in [0.3, 0.4) is 0 Å². The Morgan fingerprint density at radius 3 is 1.82 bits per heavy atom. The van der Waals surface area contributed by atoms with Crippen LogP contribution in [0.4, 0.5) is 0 Å². The normalized spacial score (nSPS) is 17.6. The SMILES string of the molecule is CC(C)C[C@H](NC(=O)[C@H](CCc1ccccc1)NC(=O)C[N+]1(Cc2ccc(OC(=O)C(C)(C)C)c(OCc3ccc(C=O)cc3)c2)CCOCC1)C(=O)N[C@@H](Cc1ccccc1)C(=O)N[C@@H](CC(C)C)C(=O)[C@@]1(C)CO1. The molecule has 408 valence electrons. The smallest absolute Gasteiger partial charge is 0.316 e. The van der Waals surface area contributed by atoms with Gasteiger partial charge in [0.2, 0.25) is 17.7 Å². The number of epoxide rings is 1. The van der Waals surface area contributed by atoms with Gasteiger partial charge < -0.3 is 44.7 Å². The first kappa shape index (κ1) is 58.5. The molecule has 2 fully saturated rings. The summed E-state index contributed by atoms with van der Waals surface area (Å²) in [5, 5.41) is 11.9. The number of quaternary nitrogens is 1. The van der Waals surface area contributed by atoms with E-state index in [4.69, 9.17) is 18.9 Å².